The van der Waals surface area contributed by atoms with Crippen molar-refractivity contribution in [3.05, 3.63) is 29.8 Å². The summed E-state index contributed by atoms with van der Waals surface area (Å²) in [5, 5.41) is 0. The van der Waals surface area contributed by atoms with Gasteiger partial charge in [-0.2, -0.15) is 0 Å². The Morgan fingerprint density at radius 3 is 2.69 bits per heavy atom. The Morgan fingerprint density at radius 1 is 1.38 bits per heavy atom. The molecule has 0 saturated carbocycles. The summed E-state index contributed by atoms with van der Waals surface area (Å²) in [6.45, 7) is 3.69. The summed E-state index contributed by atoms with van der Waals surface area (Å²) < 4.78 is 10.3. The van der Waals surface area contributed by atoms with Gasteiger partial charge in [0, 0.05) is 6.42 Å². The number of carbonyl (C=O) groups excluding carboxylic acids is 1. The van der Waals surface area contributed by atoms with Crippen molar-refractivity contribution in [3.8, 4) is 11.5 Å². The van der Waals surface area contributed by atoms with E-state index < -0.39 is 0 Å². The molecule has 0 aromatic heterocycles. The second-order valence-electron chi connectivity index (χ2n) is 3.24. The summed E-state index contributed by atoms with van der Waals surface area (Å²) in [7, 11) is 1.55. The third kappa shape index (κ3) is 3.12. The van der Waals surface area contributed by atoms with E-state index >= 15 is 0 Å². The molecule has 0 radical (unpaired) electrons. The molecular formula is C13H16O3. The molecule has 86 valence electrons. The molecule has 0 aliphatic carbocycles. The smallest absolute Gasteiger partial charge is 0.311 e. The van der Waals surface area contributed by atoms with Gasteiger partial charge in [0.1, 0.15) is 0 Å². The predicted molar refractivity (Wildman–Crippen MR) is 63.6 cm³/mol. The van der Waals surface area contributed by atoms with Gasteiger partial charge in [-0.3, -0.25) is 4.79 Å². The van der Waals surface area contributed by atoms with Gasteiger partial charge in [0.25, 0.3) is 0 Å². The number of hydrogen-bond donors (Lipinski definition) is 0. The summed E-state index contributed by atoms with van der Waals surface area (Å²) in [6.07, 6.45) is 4.24. The van der Waals surface area contributed by atoms with Crippen LogP contribution in [-0.4, -0.2) is 13.1 Å². The highest BCUT2D eigenvalue weighted by molar-refractivity contribution is 5.73. The molecule has 0 heterocycles. The number of carbonyl (C=O) groups is 1. The lowest BCUT2D eigenvalue weighted by molar-refractivity contribution is -0.134. The molecule has 0 spiro atoms. The largest absolute Gasteiger partial charge is 0.493 e. The van der Waals surface area contributed by atoms with Gasteiger partial charge < -0.3 is 9.47 Å². The first kappa shape index (κ1) is 12.3. The molecule has 0 bridgehead atoms. The highest BCUT2D eigenvalue weighted by Crippen LogP contribution is 2.28. The maximum atomic E-state index is 11.2. The van der Waals surface area contributed by atoms with Crippen LogP contribution in [0, 0.1) is 0 Å². The summed E-state index contributed by atoms with van der Waals surface area (Å²) in [5.41, 5.74) is 1.01. The molecule has 3 nitrogen and oxygen atoms in total. The van der Waals surface area contributed by atoms with Crippen molar-refractivity contribution >= 4 is 12.0 Å². The molecule has 1 aromatic carbocycles. The van der Waals surface area contributed by atoms with E-state index in [0.717, 1.165) is 5.56 Å². The first-order valence-corrected chi connectivity index (χ1v) is 5.22. The minimum absolute atomic E-state index is 0.267. The summed E-state index contributed by atoms with van der Waals surface area (Å²) in [5.74, 6) is 0.761. The van der Waals surface area contributed by atoms with Gasteiger partial charge in [0.2, 0.25) is 0 Å². The number of benzene rings is 1. The zero-order valence-electron chi connectivity index (χ0n) is 9.82. The van der Waals surface area contributed by atoms with Crippen molar-refractivity contribution in [1.82, 2.24) is 0 Å². The maximum Gasteiger partial charge on any atom is 0.311 e. The number of hydrogen-bond acceptors (Lipinski definition) is 3. The van der Waals surface area contributed by atoms with Crippen LogP contribution in [0.4, 0.5) is 0 Å². The van der Waals surface area contributed by atoms with E-state index in [-0.39, 0.29) is 5.97 Å². The zero-order chi connectivity index (χ0) is 12.0. The van der Waals surface area contributed by atoms with Crippen LogP contribution in [-0.2, 0) is 4.79 Å². The maximum absolute atomic E-state index is 11.2. The molecule has 16 heavy (non-hydrogen) atoms. The highest BCUT2D eigenvalue weighted by Gasteiger charge is 2.08. The van der Waals surface area contributed by atoms with Gasteiger partial charge in [-0.05, 0) is 24.6 Å². The zero-order valence-corrected chi connectivity index (χ0v) is 9.82. The van der Waals surface area contributed by atoms with Crippen LogP contribution in [0.5, 0.6) is 11.5 Å². The molecule has 0 unspecified atom stereocenters. The van der Waals surface area contributed by atoms with Crippen LogP contribution in [0.2, 0.25) is 0 Å². The molecule has 0 fully saturated rings. The number of methoxy groups -OCH3 is 1. The van der Waals surface area contributed by atoms with E-state index in [0.29, 0.717) is 17.9 Å². The van der Waals surface area contributed by atoms with E-state index in [1.54, 1.807) is 20.1 Å². The number of rotatable bonds is 4. The molecule has 0 N–H and O–H groups in total. The van der Waals surface area contributed by atoms with Crippen LogP contribution in [0.3, 0.4) is 0 Å². The number of allylic oxidation sites excluding steroid dienone is 1. The Labute approximate surface area is 95.7 Å². The van der Waals surface area contributed by atoms with Crippen molar-refractivity contribution < 1.29 is 14.3 Å². The second kappa shape index (κ2) is 5.95. The van der Waals surface area contributed by atoms with Crippen molar-refractivity contribution in [2.24, 2.45) is 0 Å². The quantitative estimate of drug-likeness (QED) is 0.578. The molecule has 0 amide bonds. The van der Waals surface area contributed by atoms with Gasteiger partial charge in [-0.25, -0.2) is 0 Å². The average Bonchev–Trinajstić information content (AvgIpc) is 2.31. The monoisotopic (exact) mass is 220 g/mol. The molecule has 0 saturated heterocycles. The molecule has 3 heteroatoms. The van der Waals surface area contributed by atoms with Crippen molar-refractivity contribution in [2.75, 3.05) is 7.11 Å². The minimum atomic E-state index is -0.267. The van der Waals surface area contributed by atoms with Gasteiger partial charge in [0.05, 0.1) is 7.11 Å². The van der Waals surface area contributed by atoms with Gasteiger partial charge in [-0.1, -0.05) is 25.1 Å². The van der Waals surface area contributed by atoms with E-state index in [1.807, 2.05) is 31.2 Å². The first-order valence-electron chi connectivity index (χ1n) is 5.22. The van der Waals surface area contributed by atoms with E-state index in [2.05, 4.69) is 0 Å². The third-order valence-electron chi connectivity index (χ3n) is 2.06. The summed E-state index contributed by atoms with van der Waals surface area (Å²) in [6, 6.07) is 5.45. The lowest BCUT2D eigenvalue weighted by atomic mass is 10.2. The summed E-state index contributed by atoms with van der Waals surface area (Å²) >= 11 is 0. The molecule has 1 aromatic rings. The van der Waals surface area contributed by atoms with Gasteiger partial charge in [-0.15, -0.1) is 0 Å². The Balaban J connectivity index is 2.97. The SMILES string of the molecule is C/C=C/c1ccc(OC(=O)CC)c(OC)c1. The van der Waals surface area contributed by atoms with Crippen molar-refractivity contribution in [2.45, 2.75) is 20.3 Å². The third-order valence-corrected chi connectivity index (χ3v) is 2.06. The fourth-order valence-corrected chi connectivity index (χ4v) is 1.26. The van der Waals surface area contributed by atoms with Crippen LogP contribution in [0.25, 0.3) is 6.08 Å². The lowest BCUT2D eigenvalue weighted by Gasteiger charge is -2.09. The van der Waals surface area contributed by atoms with E-state index in [9.17, 15) is 4.79 Å². The number of esters is 1. The fourth-order valence-electron chi connectivity index (χ4n) is 1.26. The van der Waals surface area contributed by atoms with Crippen LogP contribution in [0.1, 0.15) is 25.8 Å². The molecule has 0 atom stereocenters. The molecule has 1 rings (SSSR count). The topological polar surface area (TPSA) is 35.5 Å². The average molecular weight is 220 g/mol. The van der Waals surface area contributed by atoms with E-state index in [4.69, 9.17) is 9.47 Å². The molecule has 0 aliphatic rings. The minimum Gasteiger partial charge on any atom is -0.493 e. The Morgan fingerprint density at radius 2 is 2.12 bits per heavy atom. The van der Waals surface area contributed by atoms with Gasteiger partial charge >= 0.3 is 5.97 Å². The van der Waals surface area contributed by atoms with E-state index in [1.165, 1.54) is 0 Å². The lowest BCUT2D eigenvalue weighted by Crippen LogP contribution is -2.06. The second-order valence-corrected chi connectivity index (χ2v) is 3.24. The first-order chi connectivity index (χ1) is 7.71. The van der Waals surface area contributed by atoms with Crippen molar-refractivity contribution in [3.63, 3.8) is 0 Å². The summed E-state index contributed by atoms with van der Waals surface area (Å²) in [4.78, 5) is 11.2. The number of ether oxygens (including phenoxy) is 2. The Kier molecular flexibility index (Phi) is 4.58. The van der Waals surface area contributed by atoms with Crippen LogP contribution >= 0.6 is 0 Å². The molecular weight excluding hydrogens is 204 g/mol. The fraction of sp³-hybridized carbons (Fsp3) is 0.308. The predicted octanol–water partition coefficient (Wildman–Crippen LogP) is 3.04. The highest BCUT2D eigenvalue weighted by atomic mass is 16.6. The Hall–Kier alpha value is -1.77. The van der Waals surface area contributed by atoms with Gasteiger partial charge in [0.15, 0.2) is 11.5 Å². The Bertz CT molecular complexity index is 394. The van der Waals surface area contributed by atoms with Crippen LogP contribution < -0.4 is 9.47 Å². The standard InChI is InChI=1S/C13H16O3/c1-4-6-10-7-8-11(12(9-10)15-3)16-13(14)5-2/h4,6-9H,5H2,1-3H3/b6-4+. The molecule has 0 aliphatic heterocycles. The van der Waals surface area contributed by atoms with Crippen molar-refractivity contribution in [1.29, 1.82) is 0 Å². The van der Waals surface area contributed by atoms with Crippen LogP contribution in [0.15, 0.2) is 24.3 Å². The normalized spacial score (nSPS) is 10.4.